The smallest absolute Gasteiger partial charge is 0.270 e. The van der Waals surface area contributed by atoms with Crippen LogP contribution in [0.5, 0.6) is 0 Å². The van der Waals surface area contributed by atoms with Crippen LogP contribution in [0.2, 0.25) is 0 Å². The fourth-order valence-electron chi connectivity index (χ4n) is 5.58. The number of rotatable bonds is 5. The molecule has 0 N–H and O–H groups in total. The zero-order chi connectivity index (χ0) is 22.8. The van der Waals surface area contributed by atoms with E-state index in [1.54, 1.807) is 11.3 Å². The number of aryl methyl sites for hydroxylation is 1. The van der Waals surface area contributed by atoms with Crippen LogP contribution in [-0.2, 0) is 17.8 Å². The van der Waals surface area contributed by atoms with Crippen LogP contribution in [0.25, 0.3) is 10.2 Å². The molecule has 5 rings (SSSR count). The summed E-state index contributed by atoms with van der Waals surface area (Å²) in [6, 6.07) is 14.8. The van der Waals surface area contributed by atoms with Crippen LogP contribution < -0.4 is 0 Å². The first kappa shape index (κ1) is 22.2. The molecule has 2 aliphatic rings. The average molecular weight is 464 g/mol. The van der Waals surface area contributed by atoms with E-state index >= 15 is 0 Å². The Morgan fingerprint density at radius 3 is 2.55 bits per heavy atom. The predicted molar refractivity (Wildman–Crippen MR) is 134 cm³/mol. The van der Waals surface area contributed by atoms with Crippen molar-refractivity contribution in [3.63, 3.8) is 0 Å². The largest absolute Gasteiger partial charge is 0.342 e. The molecule has 4 heterocycles. The minimum atomic E-state index is -0.0699. The molecule has 0 aliphatic carbocycles. The summed E-state index contributed by atoms with van der Waals surface area (Å²) in [5.41, 5.74) is 3.28. The van der Waals surface area contributed by atoms with E-state index < -0.39 is 0 Å². The van der Waals surface area contributed by atoms with Gasteiger partial charge in [0.05, 0.1) is 16.1 Å². The van der Waals surface area contributed by atoms with Crippen LogP contribution in [0.3, 0.4) is 0 Å². The lowest BCUT2D eigenvalue weighted by atomic mass is 9.89. The number of benzene rings is 1. The van der Waals surface area contributed by atoms with Crippen LogP contribution >= 0.6 is 11.3 Å². The van der Waals surface area contributed by atoms with Crippen molar-refractivity contribution in [2.24, 2.45) is 11.8 Å². The van der Waals surface area contributed by atoms with Gasteiger partial charge in [0.1, 0.15) is 5.69 Å². The number of likely N-dealkylation sites (tertiary alicyclic amines) is 2. The molecule has 2 amide bonds. The Hall–Kier alpha value is -2.60. The van der Waals surface area contributed by atoms with Crippen LogP contribution in [0.4, 0.5) is 0 Å². The minimum Gasteiger partial charge on any atom is -0.342 e. The molecule has 33 heavy (non-hydrogen) atoms. The molecule has 6 heteroatoms. The monoisotopic (exact) mass is 463 g/mol. The fraction of sp³-hybridized carbons (Fsp3) is 0.481. The molecule has 0 saturated carbocycles. The Balaban J connectivity index is 1.19. The molecule has 174 valence electrons. The van der Waals surface area contributed by atoms with E-state index in [0.29, 0.717) is 12.5 Å². The molecule has 0 bridgehead atoms. The van der Waals surface area contributed by atoms with Gasteiger partial charge in [-0.3, -0.25) is 9.59 Å². The van der Waals surface area contributed by atoms with Crippen LogP contribution in [0.1, 0.15) is 48.7 Å². The van der Waals surface area contributed by atoms with Crippen molar-refractivity contribution >= 4 is 33.4 Å². The van der Waals surface area contributed by atoms with Gasteiger partial charge in [-0.15, -0.1) is 11.3 Å². The fourth-order valence-corrected chi connectivity index (χ4v) is 6.41. The van der Waals surface area contributed by atoms with E-state index in [0.717, 1.165) is 74.2 Å². The number of hydrogen-bond donors (Lipinski definition) is 0. The number of hydrogen-bond acceptors (Lipinski definition) is 3. The molecule has 1 unspecified atom stereocenters. The van der Waals surface area contributed by atoms with Crippen molar-refractivity contribution in [1.82, 2.24) is 14.4 Å². The number of fused-ring (bicyclic) bond motifs is 1. The van der Waals surface area contributed by atoms with E-state index in [1.165, 1.54) is 5.56 Å². The van der Waals surface area contributed by atoms with E-state index in [9.17, 15) is 9.59 Å². The topological polar surface area (TPSA) is 45.6 Å². The van der Waals surface area contributed by atoms with Crippen molar-refractivity contribution in [2.45, 2.75) is 45.6 Å². The summed E-state index contributed by atoms with van der Waals surface area (Å²) < 4.78 is 3.26. The maximum absolute atomic E-state index is 13.4. The molecular formula is C27H33N3O2S. The Bertz CT molecular complexity index is 1110. The molecule has 2 aliphatic heterocycles. The molecule has 3 aromatic rings. The highest BCUT2D eigenvalue weighted by Gasteiger charge is 2.34. The Kier molecular flexibility index (Phi) is 6.54. The third kappa shape index (κ3) is 4.58. The van der Waals surface area contributed by atoms with Gasteiger partial charge >= 0.3 is 0 Å². The molecule has 0 spiro atoms. The normalized spacial score (nSPS) is 19.8. The molecule has 5 nitrogen and oxygen atoms in total. The lowest BCUT2D eigenvalue weighted by Crippen LogP contribution is -2.49. The molecule has 2 aromatic heterocycles. The van der Waals surface area contributed by atoms with Crippen LogP contribution in [0, 0.1) is 11.8 Å². The average Bonchev–Trinajstić information content (AvgIpc) is 3.46. The van der Waals surface area contributed by atoms with Gasteiger partial charge in [0.2, 0.25) is 5.91 Å². The number of piperidine rings is 2. The van der Waals surface area contributed by atoms with Gasteiger partial charge in [-0.05, 0) is 68.0 Å². The van der Waals surface area contributed by atoms with Crippen molar-refractivity contribution in [1.29, 1.82) is 0 Å². The number of carbonyl (C=O) groups excluding carboxylic acids is 2. The van der Waals surface area contributed by atoms with Crippen molar-refractivity contribution < 1.29 is 9.59 Å². The van der Waals surface area contributed by atoms with Gasteiger partial charge in [-0.2, -0.15) is 0 Å². The number of carbonyl (C=O) groups is 2. The number of thiophene rings is 1. The van der Waals surface area contributed by atoms with Crippen LogP contribution in [0.15, 0.2) is 47.8 Å². The number of aromatic nitrogens is 1. The molecular weight excluding hydrogens is 430 g/mol. The first-order valence-corrected chi connectivity index (χ1v) is 13.2. The van der Waals surface area contributed by atoms with E-state index in [4.69, 9.17) is 0 Å². The molecule has 2 fully saturated rings. The SMILES string of the molecule is CCn1c(C(=O)N2CCCC(C(=O)N3CCC(Cc4ccccc4)CC3)C2)cc2sccc21. The Morgan fingerprint density at radius 1 is 1.00 bits per heavy atom. The van der Waals surface area contributed by atoms with E-state index in [2.05, 4.69) is 58.2 Å². The zero-order valence-electron chi connectivity index (χ0n) is 19.4. The number of nitrogens with zero attached hydrogens (tertiary/aromatic N) is 3. The highest BCUT2D eigenvalue weighted by molar-refractivity contribution is 7.17. The molecule has 0 radical (unpaired) electrons. The van der Waals surface area contributed by atoms with Gasteiger partial charge in [-0.25, -0.2) is 0 Å². The lowest BCUT2D eigenvalue weighted by Gasteiger charge is -2.38. The van der Waals surface area contributed by atoms with Gasteiger partial charge in [0.15, 0.2) is 0 Å². The summed E-state index contributed by atoms with van der Waals surface area (Å²) in [6.45, 7) is 5.83. The second-order valence-electron chi connectivity index (χ2n) is 9.49. The Labute approximate surface area is 200 Å². The van der Waals surface area contributed by atoms with Crippen molar-refractivity contribution in [3.8, 4) is 0 Å². The maximum Gasteiger partial charge on any atom is 0.270 e. The van der Waals surface area contributed by atoms with Gasteiger partial charge < -0.3 is 14.4 Å². The van der Waals surface area contributed by atoms with E-state index in [-0.39, 0.29) is 17.7 Å². The zero-order valence-corrected chi connectivity index (χ0v) is 20.2. The van der Waals surface area contributed by atoms with Crippen molar-refractivity contribution in [3.05, 3.63) is 59.1 Å². The first-order valence-electron chi connectivity index (χ1n) is 12.3. The summed E-state index contributed by atoms with van der Waals surface area (Å²) >= 11 is 1.67. The molecule has 1 atom stereocenters. The third-order valence-corrected chi connectivity index (χ3v) is 8.26. The summed E-state index contributed by atoms with van der Waals surface area (Å²) in [5, 5.41) is 2.07. The maximum atomic E-state index is 13.4. The van der Waals surface area contributed by atoms with Crippen molar-refractivity contribution in [2.75, 3.05) is 26.2 Å². The quantitative estimate of drug-likeness (QED) is 0.531. The number of amides is 2. The van der Waals surface area contributed by atoms with Crippen LogP contribution in [-0.4, -0.2) is 52.4 Å². The predicted octanol–water partition coefficient (Wildman–Crippen LogP) is 5.06. The second-order valence-corrected chi connectivity index (χ2v) is 10.4. The highest BCUT2D eigenvalue weighted by Crippen LogP contribution is 2.29. The summed E-state index contributed by atoms with van der Waals surface area (Å²) in [4.78, 5) is 30.7. The first-order chi connectivity index (χ1) is 16.1. The van der Waals surface area contributed by atoms with Gasteiger partial charge in [-0.1, -0.05) is 30.3 Å². The highest BCUT2D eigenvalue weighted by atomic mass is 32.1. The van der Waals surface area contributed by atoms with Gasteiger partial charge in [0.25, 0.3) is 5.91 Å². The third-order valence-electron chi connectivity index (χ3n) is 7.41. The minimum absolute atomic E-state index is 0.0688. The van der Waals surface area contributed by atoms with E-state index in [1.807, 2.05) is 11.0 Å². The van der Waals surface area contributed by atoms with Gasteiger partial charge in [0, 0.05) is 32.7 Å². The standard InChI is InChI=1S/C27H33N3O2S/c1-2-30-23-12-16-33-25(23)18-24(30)27(32)29-13-6-9-22(19-29)26(31)28-14-10-21(11-15-28)17-20-7-4-3-5-8-20/h3-5,7-8,12,16,18,21-22H,2,6,9-11,13-15,17,19H2,1H3. The second kappa shape index (κ2) is 9.72. The summed E-state index contributed by atoms with van der Waals surface area (Å²) in [5.74, 6) is 0.896. The summed E-state index contributed by atoms with van der Waals surface area (Å²) in [7, 11) is 0. The summed E-state index contributed by atoms with van der Waals surface area (Å²) in [6.07, 6.45) is 5.01. The lowest BCUT2D eigenvalue weighted by molar-refractivity contribution is -0.138. The molecule has 1 aromatic carbocycles. The molecule has 2 saturated heterocycles. The Morgan fingerprint density at radius 2 is 1.79 bits per heavy atom.